The molecule has 14 heavy (non-hydrogen) atoms. The molecule has 1 nitrogen and oxygen atoms in total. The van der Waals surface area contributed by atoms with Crippen molar-refractivity contribution in [2.24, 2.45) is 5.73 Å². The van der Waals surface area contributed by atoms with E-state index in [1.807, 2.05) is 0 Å². The molecule has 0 aliphatic heterocycles. The van der Waals surface area contributed by atoms with E-state index < -0.39 is 0 Å². The second-order valence-corrected chi connectivity index (χ2v) is 5.43. The Labute approximate surface area is 92.8 Å². The molecule has 2 heteroatoms. The Balaban J connectivity index is 2.21. The SMILES string of the molecule is NC1CCc2cccc(Br)c2C12CC2. The van der Waals surface area contributed by atoms with Crippen molar-refractivity contribution in [3.63, 3.8) is 0 Å². The van der Waals surface area contributed by atoms with Crippen molar-refractivity contribution >= 4 is 15.9 Å². The number of hydrogen-bond acceptors (Lipinski definition) is 1. The van der Waals surface area contributed by atoms with E-state index >= 15 is 0 Å². The van der Waals surface area contributed by atoms with Crippen LogP contribution in [-0.2, 0) is 11.8 Å². The van der Waals surface area contributed by atoms with Crippen molar-refractivity contribution in [2.45, 2.75) is 37.1 Å². The smallest absolute Gasteiger partial charge is 0.0216 e. The van der Waals surface area contributed by atoms with Gasteiger partial charge in [0.1, 0.15) is 0 Å². The van der Waals surface area contributed by atoms with Crippen LogP contribution in [0.15, 0.2) is 22.7 Å². The van der Waals surface area contributed by atoms with E-state index in [2.05, 4.69) is 34.1 Å². The lowest BCUT2D eigenvalue weighted by molar-refractivity contribution is 0.453. The second-order valence-electron chi connectivity index (χ2n) is 4.58. The highest BCUT2D eigenvalue weighted by Gasteiger charge is 2.52. The lowest BCUT2D eigenvalue weighted by Crippen LogP contribution is -2.39. The maximum absolute atomic E-state index is 6.24. The van der Waals surface area contributed by atoms with Crippen molar-refractivity contribution in [1.82, 2.24) is 0 Å². The Kier molecular flexibility index (Phi) is 1.80. The molecule has 0 heterocycles. The molecule has 1 aromatic rings. The van der Waals surface area contributed by atoms with Crippen LogP contribution in [0, 0.1) is 0 Å². The summed E-state index contributed by atoms with van der Waals surface area (Å²) >= 11 is 3.67. The van der Waals surface area contributed by atoms with E-state index in [4.69, 9.17) is 5.73 Å². The predicted molar refractivity (Wildman–Crippen MR) is 61.4 cm³/mol. The minimum atomic E-state index is 0.341. The average molecular weight is 252 g/mol. The van der Waals surface area contributed by atoms with Crippen molar-refractivity contribution < 1.29 is 0 Å². The van der Waals surface area contributed by atoms with E-state index in [1.54, 1.807) is 0 Å². The summed E-state index contributed by atoms with van der Waals surface area (Å²) in [6.07, 6.45) is 4.87. The number of benzene rings is 1. The first kappa shape index (κ1) is 8.93. The van der Waals surface area contributed by atoms with Gasteiger partial charge in [0.25, 0.3) is 0 Å². The van der Waals surface area contributed by atoms with Crippen LogP contribution in [0.1, 0.15) is 30.4 Å². The minimum absolute atomic E-state index is 0.341. The summed E-state index contributed by atoms with van der Waals surface area (Å²) in [5.41, 5.74) is 9.60. The van der Waals surface area contributed by atoms with E-state index in [1.165, 1.54) is 28.4 Å². The van der Waals surface area contributed by atoms with Gasteiger partial charge >= 0.3 is 0 Å². The zero-order chi connectivity index (χ0) is 9.76. The van der Waals surface area contributed by atoms with Crippen molar-refractivity contribution in [3.8, 4) is 0 Å². The first-order valence-corrected chi connectivity index (χ1v) is 6.07. The fourth-order valence-corrected chi connectivity index (χ4v) is 3.66. The molecule has 0 bridgehead atoms. The summed E-state index contributed by atoms with van der Waals surface area (Å²) in [7, 11) is 0. The molecule has 1 saturated carbocycles. The Morgan fingerprint density at radius 2 is 2.14 bits per heavy atom. The van der Waals surface area contributed by atoms with Gasteiger partial charge in [0.05, 0.1) is 0 Å². The maximum Gasteiger partial charge on any atom is 0.0216 e. The van der Waals surface area contributed by atoms with Gasteiger partial charge in [0.2, 0.25) is 0 Å². The maximum atomic E-state index is 6.24. The number of rotatable bonds is 0. The van der Waals surface area contributed by atoms with Crippen LogP contribution < -0.4 is 5.73 Å². The lowest BCUT2D eigenvalue weighted by Gasteiger charge is -2.32. The van der Waals surface area contributed by atoms with Crippen LogP contribution in [0.3, 0.4) is 0 Å². The number of nitrogens with two attached hydrogens (primary N) is 1. The van der Waals surface area contributed by atoms with Crippen LogP contribution in [0.2, 0.25) is 0 Å². The predicted octanol–water partition coefficient (Wildman–Crippen LogP) is 2.75. The molecular formula is C12H14BrN. The average Bonchev–Trinajstić information content (AvgIpc) is 2.94. The van der Waals surface area contributed by atoms with Gasteiger partial charge in [-0.3, -0.25) is 0 Å². The molecule has 3 rings (SSSR count). The highest BCUT2D eigenvalue weighted by Crippen LogP contribution is 2.56. The fraction of sp³-hybridized carbons (Fsp3) is 0.500. The van der Waals surface area contributed by atoms with E-state index in [-0.39, 0.29) is 0 Å². The largest absolute Gasteiger partial charge is 0.327 e. The zero-order valence-corrected chi connectivity index (χ0v) is 9.68. The van der Waals surface area contributed by atoms with Crippen molar-refractivity contribution in [2.75, 3.05) is 0 Å². The quantitative estimate of drug-likeness (QED) is 0.754. The molecule has 2 aliphatic carbocycles. The molecule has 2 aliphatic rings. The molecule has 1 aromatic carbocycles. The molecule has 1 spiro atoms. The van der Waals surface area contributed by atoms with Gasteiger partial charge < -0.3 is 5.73 Å². The van der Waals surface area contributed by atoms with E-state index in [9.17, 15) is 0 Å². The monoisotopic (exact) mass is 251 g/mol. The second kappa shape index (κ2) is 2.83. The Hall–Kier alpha value is -0.340. The highest BCUT2D eigenvalue weighted by atomic mass is 79.9. The topological polar surface area (TPSA) is 26.0 Å². The van der Waals surface area contributed by atoms with Gasteiger partial charge in [-0.25, -0.2) is 0 Å². The summed E-state index contributed by atoms with van der Waals surface area (Å²) in [4.78, 5) is 0. The number of aryl methyl sites for hydroxylation is 1. The highest BCUT2D eigenvalue weighted by molar-refractivity contribution is 9.10. The van der Waals surface area contributed by atoms with Crippen LogP contribution in [0.5, 0.6) is 0 Å². The summed E-state index contributed by atoms with van der Waals surface area (Å²) in [6.45, 7) is 0. The van der Waals surface area contributed by atoms with Gasteiger partial charge in [-0.1, -0.05) is 28.1 Å². The summed E-state index contributed by atoms with van der Waals surface area (Å²) in [6, 6.07) is 6.92. The molecule has 0 aromatic heterocycles. The molecular weight excluding hydrogens is 238 g/mol. The summed E-state index contributed by atoms with van der Waals surface area (Å²) in [5, 5.41) is 0. The third-order valence-electron chi connectivity index (χ3n) is 3.82. The van der Waals surface area contributed by atoms with Gasteiger partial charge in [-0.15, -0.1) is 0 Å². The van der Waals surface area contributed by atoms with Crippen LogP contribution >= 0.6 is 15.9 Å². The van der Waals surface area contributed by atoms with Crippen molar-refractivity contribution in [3.05, 3.63) is 33.8 Å². The minimum Gasteiger partial charge on any atom is -0.327 e. The van der Waals surface area contributed by atoms with Crippen molar-refractivity contribution in [1.29, 1.82) is 0 Å². The molecule has 0 saturated heterocycles. The summed E-state index contributed by atoms with van der Waals surface area (Å²) < 4.78 is 1.27. The first-order valence-electron chi connectivity index (χ1n) is 5.27. The Morgan fingerprint density at radius 3 is 2.86 bits per heavy atom. The van der Waals surface area contributed by atoms with E-state index in [0.717, 1.165) is 12.8 Å². The standard InChI is InChI=1S/C12H14BrN/c13-9-3-1-2-8-4-5-10(14)12(6-7-12)11(8)9/h1-3,10H,4-7,14H2. The van der Waals surface area contributed by atoms with Crippen LogP contribution in [0.4, 0.5) is 0 Å². The normalized spacial score (nSPS) is 27.4. The van der Waals surface area contributed by atoms with E-state index in [0.29, 0.717) is 11.5 Å². The van der Waals surface area contributed by atoms with Gasteiger partial charge in [-0.05, 0) is 42.9 Å². The molecule has 1 fully saturated rings. The Bertz CT molecular complexity index is 382. The fourth-order valence-electron chi connectivity index (χ4n) is 2.86. The lowest BCUT2D eigenvalue weighted by atomic mass is 9.77. The van der Waals surface area contributed by atoms with Gasteiger partial charge in [0.15, 0.2) is 0 Å². The van der Waals surface area contributed by atoms with Gasteiger partial charge in [0, 0.05) is 15.9 Å². The zero-order valence-electron chi connectivity index (χ0n) is 8.09. The number of fused-ring (bicyclic) bond motifs is 2. The number of halogens is 1. The third-order valence-corrected chi connectivity index (χ3v) is 4.48. The van der Waals surface area contributed by atoms with Crippen LogP contribution in [-0.4, -0.2) is 6.04 Å². The third kappa shape index (κ3) is 1.04. The first-order chi connectivity index (χ1) is 6.74. The number of hydrogen-bond donors (Lipinski definition) is 1. The molecule has 0 amide bonds. The molecule has 1 unspecified atom stereocenters. The summed E-state index contributed by atoms with van der Waals surface area (Å²) in [5.74, 6) is 0. The molecule has 2 N–H and O–H groups in total. The molecule has 0 radical (unpaired) electrons. The Morgan fingerprint density at radius 1 is 1.36 bits per heavy atom. The van der Waals surface area contributed by atoms with Gasteiger partial charge in [-0.2, -0.15) is 0 Å². The molecule has 1 atom stereocenters. The van der Waals surface area contributed by atoms with Crippen LogP contribution in [0.25, 0.3) is 0 Å². The molecule has 74 valence electrons.